The van der Waals surface area contributed by atoms with Gasteiger partial charge in [-0.2, -0.15) is 0 Å². The molecule has 1 heteroatoms. The highest BCUT2D eigenvalue weighted by Gasteiger charge is 2.25. The molecule has 1 N–H and O–H groups in total. The molecule has 0 bridgehead atoms. The molecule has 106 valence electrons. The predicted molar refractivity (Wildman–Crippen MR) is 83.5 cm³/mol. The van der Waals surface area contributed by atoms with E-state index in [0.717, 1.165) is 12.5 Å². The standard InChI is InChI=1S/C18H29N/c1-4-12-19-18(16-8-6-5-7-9-16)17-11-10-14(2)13-15(17)3/h10-11,13,16,18-19H,4-9,12H2,1-3H3. The molecule has 0 radical (unpaired) electrons. The summed E-state index contributed by atoms with van der Waals surface area (Å²) in [7, 11) is 0. The number of nitrogens with one attached hydrogen (secondary N) is 1. The molecule has 1 unspecified atom stereocenters. The van der Waals surface area contributed by atoms with Crippen LogP contribution in [0.1, 0.15) is 68.2 Å². The number of hydrogen-bond acceptors (Lipinski definition) is 1. The van der Waals surface area contributed by atoms with Crippen LogP contribution in [0.5, 0.6) is 0 Å². The zero-order valence-corrected chi connectivity index (χ0v) is 12.8. The third-order valence-corrected chi connectivity index (χ3v) is 4.50. The molecule has 0 aromatic heterocycles. The van der Waals surface area contributed by atoms with Gasteiger partial charge in [0.1, 0.15) is 0 Å². The van der Waals surface area contributed by atoms with Gasteiger partial charge in [-0.05, 0) is 56.7 Å². The van der Waals surface area contributed by atoms with Gasteiger partial charge in [0.2, 0.25) is 0 Å². The quantitative estimate of drug-likeness (QED) is 0.791. The Balaban J connectivity index is 2.19. The molecule has 1 aromatic carbocycles. The summed E-state index contributed by atoms with van der Waals surface area (Å²) < 4.78 is 0. The van der Waals surface area contributed by atoms with E-state index >= 15 is 0 Å². The minimum Gasteiger partial charge on any atom is -0.310 e. The third kappa shape index (κ3) is 3.82. The molecule has 0 heterocycles. The lowest BCUT2D eigenvalue weighted by Gasteiger charge is -2.32. The topological polar surface area (TPSA) is 12.0 Å². The van der Waals surface area contributed by atoms with Crippen LogP contribution in [0.25, 0.3) is 0 Å². The second-order valence-electron chi connectivity index (χ2n) is 6.19. The van der Waals surface area contributed by atoms with Crippen LogP contribution in [-0.2, 0) is 0 Å². The van der Waals surface area contributed by atoms with E-state index in [1.54, 1.807) is 0 Å². The summed E-state index contributed by atoms with van der Waals surface area (Å²) in [6.45, 7) is 7.85. The highest BCUT2D eigenvalue weighted by molar-refractivity contribution is 5.33. The summed E-state index contributed by atoms with van der Waals surface area (Å²) in [5, 5.41) is 3.82. The summed E-state index contributed by atoms with van der Waals surface area (Å²) in [6, 6.07) is 7.53. The molecule has 2 rings (SSSR count). The predicted octanol–water partition coefficient (Wildman–Crippen LogP) is 4.92. The summed E-state index contributed by atoms with van der Waals surface area (Å²) in [6.07, 6.45) is 8.28. The van der Waals surface area contributed by atoms with Gasteiger partial charge < -0.3 is 5.32 Å². The van der Waals surface area contributed by atoms with E-state index in [9.17, 15) is 0 Å². The van der Waals surface area contributed by atoms with Crippen LogP contribution in [0.15, 0.2) is 18.2 Å². The summed E-state index contributed by atoms with van der Waals surface area (Å²) >= 11 is 0. The van der Waals surface area contributed by atoms with Gasteiger partial charge in [0.25, 0.3) is 0 Å². The maximum absolute atomic E-state index is 3.82. The van der Waals surface area contributed by atoms with Gasteiger partial charge in [-0.1, -0.05) is 49.9 Å². The normalized spacial score (nSPS) is 18.5. The molecule has 1 aliphatic rings. The van der Waals surface area contributed by atoms with Crippen molar-refractivity contribution in [1.29, 1.82) is 0 Å². The van der Waals surface area contributed by atoms with Crippen LogP contribution in [0.2, 0.25) is 0 Å². The highest BCUT2D eigenvalue weighted by atomic mass is 14.9. The van der Waals surface area contributed by atoms with Crippen LogP contribution >= 0.6 is 0 Å². The van der Waals surface area contributed by atoms with Crippen LogP contribution < -0.4 is 5.32 Å². The van der Waals surface area contributed by atoms with Gasteiger partial charge in [0, 0.05) is 6.04 Å². The first-order chi connectivity index (χ1) is 9.22. The lowest BCUT2D eigenvalue weighted by molar-refractivity contribution is 0.271. The monoisotopic (exact) mass is 259 g/mol. The molecule has 1 atom stereocenters. The Kier molecular flexibility index (Phi) is 5.45. The summed E-state index contributed by atoms with van der Waals surface area (Å²) in [5.41, 5.74) is 4.37. The molecule has 1 fully saturated rings. The highest BCUT2D eigenvalue weighted by Crippen LogP contribution is 2.35. The Morgan fingerprint density at radius 2 is 1.89 bits per heavy atom. The average Bonchev–Trinajstić information content (AvgIpc) is 2.42. The molecule has 19 heavy (non-hydrogen) atoms. The summed E-state index contributed by atoms with van der Waals surface area (Å²) in [4.78, 5) is 0. The molecule has 1 aromatic rings. The van der Waals surface area contributed by atoms with Crippen LogP contribution in [-0.4, -0.2) is 6.54 Å². The van der Waals surface area contributed by atoms with Crippen molar-refractivity contribution in [3.05, 3.63) is 34.9 Å². The van der Waals surface area contributed by atoms with Gasteiger partial charge >= 0.3 is 0 Å². The largest absolute Gasteiger partial charge is 0.310 e. The Labute approximate surface area is 118 Å². The zero-order valence-electron chi connectivity index (χ0n) is 12.8. The lowest BCUT2D eigenvalue weighted by Crippen LogP contribution is -2.31. The lowest BCUT2D eigenvalue weighted by atomic mass is 9.80. The molecule has 1 nitrogen and oxygen atoms in total. The van der Waals surface area contributed by atoms with Crippen molar-refractivity contribution >= 4 is 0 Å². The van der Waals surface area contributed by atoms with Gasteiger partial charge in [-0.25, -0.2) is 0 Å². The van der Waals surface area contributed by atoms with E-state index in [-0.39, 0.29) is 0 Å². The van der Waals surface area contributed by atoms with Gasteiger partial charge in [-0.3, -0.25) is 0 Å². The van der Waals surface area contributed by atoms with Crippen molar-refractivity contribution in [1.82, 2.24) is 5.32 Å². The van der Waals surface area contributed by atoms with Crippen molar-refractivity contribution in [2.45, 2.75) is 65.3 Å². The fourth-order valence-electron chi connectivity index (χ4n) is 3.47. The molecular formula is C18H29N. The maximum Gasteiger partial charge on any atom is 0.0351 e. The average molecular weight is 259 g/mol. The Hall–Kier alpha value is -0.820. The Morgan fingerprint density at radius 1 is 1.16 bits per heavy atom. The summed E-state index contributed by atoms with van der Waals surface area (Å²) in [5.74, 6) is 0.835. The first-order valence-corrected chi connectivity index (χ1v) is 8.03. The number of aryl methyl sites for hydroxylation is 2. The van der Waals surface area contributed by atoms with Crippen molar-refractivity contribution in [3.8, 4) is 0 Å². The molecule has 0 saturated heterocycles. The van der Waals surface area contributed by atoms with Crippen molar-refractivity contribution in [2.75, 3.05) is 6.54 Å². The number of rotatable bonds is 5. The second-order valence-corrected chi connectivity index (χ2v) is 6.19. The van der Waals surface area contributed by atoms with Gasteiger partial charge in [0.05, 0.1) is 0 Å². The van der Waals surface area contributed by atoms with E-state index < -0.39 is 0 Å². The van der Waals surface area contributed by atoms with Crippen LogP contribution in [0.4, 0.5) is 0 Å². The smallest absolute Gasteiger partial charge is 0.0351 e. The van der Waals surface area contributed by atoms with E-state index in [1.165, 1.54) is 55.2 Å². The van der Waals surface area contributed by atoms with Gasteiger partial charge in [0.15, 0.2) is 0 Å². The molecule has 0 amide bonds. The number of benzene rings is 1. The van der Waals surface area contributed by atoms with Crippen molar-refractivity contribution < 1.29 is 0 Å². The molecule has 0 spiro atoms. The second kappa shape index (κ2) is 7.09. The third-order valence-electron chi connectivity index (χ3n) is 4.50. The fraction of sp³-hybridized carbons (Fsp3) is 0.667. The van der Waals surface area contributed by atoms with Crippen LogP contribution in [0.3, 0.4) is 0 Å². The SMILES string of the molecule is CCCNC(c1ccc(C)cc1C)C1CCCCC1. The maximum atomic E-state index is 3.82. The van der Waals surface area contributed by atoms with Gasteiger partial charge in [-0.15, -0.1) is 0 Å². The fourth-order valence-corrected chi connectivity index (χ4v) is 3.47. The minimum atomic E-state index is 0.570. The number of hydrogen-bond donors (Lipinski definition) is 1. The van der Waals surface area contributed by atoms with E-state index in [2.05, 4.69) is 44.3 Å². The first kappa shape index (κ1) is 14.6. The Bertz CT molecular complexity index is 391. The minimum absolute atomic E-state index is 0.570. The molecular weight excluding hydrogens is 230 g/mol. The molecule has 1 saturated carbocycles. The van der Waals surface area contributed by atoms with E-state index in [1.807, 2.05) is 0 Å². The first-order valence-electron chi connectivity index (χ1n) is 8.03. The molecule has 0 aliphatic heterocycles. The van der Waals surface area contributed by atoms with E-state index in [4.69, 9.17) is 0 Å². The molecule has 1 aliphatic carbocycles. The zero-order chi connectivity index (χ0) is 13.7. The van der Waals surface area contributed by atoms with Crippen molar-refractivity contribution in [3.63, 3.8) is 0 Å². The van der Waals surface area contributed by atoms with E-state index in [0.29, 0.717) is 6.04 Å². The van der Waals surface area contributed by atoms with Crippen molar-refractivity contribution in [2.24, 2.45) is 5.92 Å². The van der Waals surface area contributed by atoms with Crippen LogP contribution in [0, 0.1) is 19.8 Å². The Morgan fingerprint density at radius 3 is 2.53 bits per heavy atom.